The number of pyridine rings is 1. The topological polar surface area (TPSA) is 131 Å². The van der Waals surface area contributed by atoms with Crippen molar-refractivity contribution in [2.24, 2.45) is 11.7 Å². The molecule has 43 heavy (non-hydrogen) atoms. The molecule has 0 unspecified atom stereocenters. The fourth-order valence-electron chi connectivity index (χ4n) is 6.22. The molecule has 0 saturated carbocycles. The maximum Gasteiger partial charge on any atom is 0.409 e. The Hall–Kier alpha value is -4.20. The van der Waals surface area contributed by atoms with Gasteiger partial charge in [0.1, 0.15) is 23.1 Å². The van der Waals surface area contributed by atoms with E-state index >= 15 is 8.78 Å². The van der Waals surface area contributed by atoms with Crippen LogP contribution in [0.4, 0.5) is 19.3 Å². The molecule has 0 bridgehead atoms. The number of nitrogens with zero attached hydrogens (tertiary/aromatic N) is 6. The van der Waals surface area contributed by atoms with Gasteiger partial charge in [0.15, 0.2) is 0 Å². The number of halogens is 2. The maximum atomic E-state index is 15.2. The molecule has 1 amide bonds. The van der Waals surface area contributed by atoms with Gasteiger partial charge in [0.05, 0.1) is 49.3 Å². The van der Waals surface area contributed by atoms with Gasteiger partial charge < -0.3 is 30.1 Å². The van der Waals surface area contributed by atoms with E-state index in [0.29, 0.717) is 30.9 Å². The molecular formula is C30H33F2N7O4. The lowest BCUT2D eigenvalue weighted by Crippen LogP contribution is -2.62. The number of imidazole rings is 1. The molecule has 6 rings (SSSR count). The number of hydrogen-bond donors (Lipinski definition) is 2. The summed E-state index contributed by atoms with van der Waals surface area (Å²) in [6.45, 7) is 3.18. The number of aromatic nitrogens is 4. The zero-order valence-electron chi connectivity index (χ0n) is 24.1. The number of amides is 1. The van der Waals surface area contributed by atoms with Gasteiger partial charge in [0, 0.05) is 56.2 Å². The van der Waals surface area contributed by atoms with Crippen molar-refractivity contribution in [2.45, 2.75) is 31.0 Å². The molecule has 5 heterocycles. The summed E-state index contributed by atoms with van der Waals surface area (Å²) in [7, 11) is 3.05. The third-order valence-corrected chi connectivity index (χ3v) is 8.41. The third-order valence-electron chi connectivity index (χ3n) is 8.41. The minimum absolute atomic E-state index is 0.0163. The van der Waals surface area contributed by atoms with Gasteiger partial charge in [-0.15, -0.1) is 0 Å². The number of nitrogens with two attached hydrogens (primary N) is 1. The average molecular weight is 594 g/mol. The largest absolute Gasteiger partial charge is 0.453 e. The number of carbonyl (C=O) groups is 1. The second-order valence-corrected chi connectivity index (χ2v) is 11.4. The first-order chi connectivity index (χ1) is 20.6. The van der Waals surface area contributed by atoms with Crippen molar-refractivity contribution in [3.8, 4) is 11.3 Å². The molecule has 2 aliphatic heterocycles. The molecule has 11 nitrogen and oxygen atoms in total. The predicted molar refractivity (Wildman–Crippen MR) is 153 cm³/mol. The Balaban J connectivity index is 1.28. The number of methoxy groups -OCH3 is 1. The summed E-state index contributed by atoms with van der Waals surface area (Å²) in [6.07, 6.45) is 5.04. The summed E-state index contributed by atoms with van der Waals surface area (Å²) in [5.41, 5.74) is 7.56. The van der Waals surface area contributed by atoms with Gasteiger partial charge in [-0.25, -0.2) is 23.1 Å². The van der Waals surface area contributed by atoms with Crippen molar-refractivity contribution in [3.05, 3.63) is 77.5 Å². The van der Waals surface area contributed by atoms with Crippen molar-refractivity contribution in [2.75, 3.05) is 45.4 Å². The smallest absolute Gasteiger partial charge is 0.409 e. The second kappa shape index (κ2) is 11.1. The number of benzene rings is 1. The Morgan fingerprint density at radius 2 is 1.95 bits per heavy atom. The van der Waals surface area contributed by atoms with Gasteiger partial charge in [-0.05, 0) is 41.8 Å². The van der Waals surface area contributed by atoms with Gasteiger partial charge in [0.2, 0.25) is 0 Å². The molecule has 0 spiro atoms. The van der Waals surface area contributed by atoms with E-state index in [1.54, 1.807) is 41.1 Å². The van der Waals surface area contributed by atoms with Crippen molar-refractivity contribution in [1.82, 2.24) is 24.5 Å². The number of fused-ring (bicyclic) bond motifs is 1. The molecule has 2 saturated heterocycles. The first-order valence-electron chi connectivity index (χ1n) is 14.0. The second-order valence-electron chi connectivity index (χ2n) is 11.4. The fraction of sp³-hybridized carbons (Fsp3) is 0.400. The monoisotopic (exact) mass is 593 g/mol. The highest BCUT2D eigenvalue weighted by molar-refractivity contribution is 5.68. The number of ether oxygens (including phenoxy) is 2. The van der Waals surface area contributed by atoms with E-state index in [0.717, 1.165) is 23.4 Å². The Kier molecular flexibility index (Phi) is 7.48. The molecule has 4 aromatic rings. The lowest BCUT2D eigenvalue weighted by molar-refractivity contribution is -0.184. The number of anilines is 1. The van der Waals surface area contributed by atoms with Crippen molar-refractivity contribution in [3.63, 3.8) is 0 Å². The molecule has 1 aromatic carbocycles. The van der Waals surface area contributed by atoms with Crippen LogP contribution in [0.3, 0.4) is 0 Å². The Morgan fingerprint density at radius 1 is 1.21 bits per heavy atom. The van der Waals surface area contributed by atoms with E-state index in [4.69, 9.17) is 15.2 Å². The summed E-state index contributed by atoms with van der Waals surface area (Å²) < 4.78 is 41.9. The number of hydrogen-bond acceptors (Lipinski definition) is 9. The minimum Gasteiger partial charge on any atom is -0.453 e. The van der Waals surface area contributed by atoms with E-state index in [-0.39, 0.29) is 48.0 Å². The molecule has 3 atom stereocenters. The van der Waals surface area contributed by atoms with Crippen LogP contribution < -0.4 is 10.6 Å². The van der Waals surface area contributed by atoms with Crippen LogP contribution in [0, 0.1) is 17.6 Å². The Bertz CT molecular complexity index is 1640. The van der Waals surface area contributed by atoms with Crippen molar-refractivity contribution >= 4 is 17.3 Å². The van der Waals surface area contributed by atoms with Crippen LogP contribution in [0.2, 0.25) is 0 Å². The molecule has 3 aromatic heterocycles. The Morgan fingerprint density at radius 3 is 2.60 bits per heavy atom. The Labute approximate surface area is 246 Å². The number of aliphatic hydroxyl groups is 1. The van der Waals surface area contributed by atoms with Crippen molar-refractivity contribution in [1.29, 1.82) is 0 Å². The molecule has 0 aliphatic carbocycles. The first kappa shape index (κ1) is 28.9. The van der Waals surface area contributed by atoms with Crippen LogP contribution in [0.15, 0.2) is 48.9 Å². The molecule has 226 valence electrons. The lowest BCUT2D eigenvalue weighted by atomic mass is 9.88. The van der Waals surface area contributed by atoms with Crippen LogP contribution in [0.5, 0.6) is 0 Å². The molecule has 3 N–H and O–H groups in total. The summed E-state index contributed by atoms with van der Waals surface area (Å²) in [6, 6.07) is 6.90. The van der Waals surface area contributed by atoms with Crippen LogP contribution >= 0.6 is 0 Å². The molecule has 13 heteroatoms. The van der Waals surface area contributed by atoms with Gasteiger partial charge in [0.25, 0.3) is 0 Å². The van der Waals surface area contributed by atoms with Crippen LogP contribution in [-0.4, -0.2) is 88.2 Å². The summed E-state index contributed by atoms with van der Waals surface area (Å²) in [5.74, 6) is -1.05. The van der Waals surface area contributed by atoms with E-state index in [9.17, 15) is 9.90 Å². The van der Waals surface area contributed by atoms with E-state index in [2.05, 4.69) is 26.9 Å². The highest BCUT2D eigenvalue weighted by atomic mass is 19.1. The highest BCUT2D eigenvalue weighted by Gasteiger charge is 2.40. The normalized spacial score (nSPS) is 21.5. The maximum absolute atomic E-state index is 15.2. The number of piperidine rings is 1. The predicted octanol–water partition coefficient (Wildman–Crippen LogP) is 2.73. The van der Waals surface area contributed by atoms with E-state index < -0.39 is 23.3 Å². The highest BCUT2D eigenvalue weighted by Crippen LogP contribution is 2.34. The quantitative estimate of drug-likeness (QED) is 0.347. The van der Waals surface area contributed by atoms with Gasteiger partial charge in [-0.3, -0.25) is 4.98 Å². The standard InChI is InChI=1S/C30H33F2N7O4/c1-17-13-38(14-23(33)28(17)37(2)29(40)42-3)25-6-7-34-11-18(25)8-26-35-12-20-4-5-24(36-39(20)26)27-21(31)9-19(10-22(27)32)30(41)15-43-16-30/h4-7,9-12,17,23,28,41H,8,13-16,33H2,1-3H3/t17-,23+,28-/m0/s1. The number of carbonyl (C=O) groups excluding carboxylic acids is 1. The molecular weight excluding hydrogens is 560 g/mol. The minimum atomic E-state index is -1.40. The van der Waals surface area contributed by atoms with Gasteiger partial charge >= 0.3 is 6.09 Å². The lowest BCUT2D eigenvalue weighted by Gasteiger charge is -2.45. The molecule has 0 radical (unpaired) electrons. The van der Waals surface area contributed by atoms with Crippen molar-refractivity contribution < 1.29 is 28.2 Å². The summed E-state index contributed by atoms with van der Waals surface area (Å²) in [5, 5.41) is 15.0. The first-order valence-corrected chi connectivity index (χ1v) is 14.0. The van der Waals surface area contributed by atoms with Crippen LogP contribution in [0.25, 0.3) is 16.8 Å². The van der Waals surface area contributed by atoms with Crippen LogP contribution in [-0.2, 0) is 21.5 Å². The summed E-state index contributed by atoms with van der Waals surface area (Å²) >= 11 is 0. The van der Waals surface area contributed by atoms with Crippen LogP contribution in [0.1, 0.15) is 23.9 Å². The number of rotatable bonds is 6. The third kappa shape index (κ3) is 5.17. The molecule has 2 aliphatic rings. The van der Waals surface area contributed by atoms with E-state index in [1.807, 2.05) is 6.07 Å². The van der Waals surface area contributed by atoms with Gasteiger partial charge in [-0.1, -0.05) is 6.92 Å². The fourth-order valence-corrected chi connectivity index (χ4v) is 6.22. The summed E-state index contributed by atoms with van der Waals surface area (Å²) in [4.78, 5) is 24.8. The SMILES string of the molecule is COC(=O)N(C)[C@@H]1[C@H](N)CN(c2ccncc2Cc2ncc3ccc(-c4c(F)cc(C5(O)COC5)cc4F)nn23)C[C@@H]1C. The van der Waals surface area contributed by atoms with E-state index in [1.165, 1.54) is 13.2 Å². The molecule has 2 fully saturated rings. The zero-order valence-corrected chi connectivity index (χ0v) is 24.1. The number of likely N-dealkylation sites (N-methyl/N-ethyl adjacent to an activating group) is 1. The average Bonchev–Trinajstić information content (AvgIpc) is 3.36. The van der Waals surface area contributed by atoms with Gasteiger partial charge in [-0.2, -0.15) is 5.10 Å². The zero-order chi connectivity index (χ0) is 30.5.